The SMILES string of the molecule is CN(C)C1CC2(C1)CN(C(C)(C)C)C2.CN(C)C1CCN(C(C)(C)C)CC1. The minimum atomic E-state index is 0.358. The lowest BCUT2D eigenvalue weighted by Gasteiger charge is -2.63. The second-order valence-corrected chi connectivity index (χ2v) is 11.9. The molecule has 4 heteroatoms. The zero-order valence-corrected chi connectivity index (χ0v) is 20.1. The molecule has 0 aromatic carbocycles. The normalized spacial score (nSPS) is 25.3. The summed E-state index contributed by atoms with van der Waals surface area (Å²) < 4.78 is 0. The summed E-state index contributed by atoms with van der Waals surface area (Å²) in [6.45, 7) is 19.1. The third-order valence-electron chi connectivity index (χ3n) is 7.21. The molecule has 3 rings (SSSR count). The Labute approximate surface area is 170 Å². The molecule has 1 spiro atoms. The van der Waals surface area contributed by atoms with E-state index in [9.17, 15) is 0 Å². The third kappa shape index (κ3) is 5.91. The van der Waals surface area contributed by atoms with Crippen molar-refractivity contribution in [2.45, 2.75) is 90.4 Å². The van der Waals surface area contributed by atoms with Crippen LogP contribution in [0.2, 0.25) is 0 Å². The molecular formula is C23H48N4. The van der Waals surface area contributed by atoms with Gasteiger partial charge in [0.05, 0.1) is 0 Å². The lowest BCUT2D eigenvalue weighted by Crippen LogP contribution is -2.69. The van der Waals surface area contributed by atoms with Crippen LogP contribution in [0.5, 0.6) is 0 Å². The first-order valence-corrected chi connectivity index (χ1v) is 11.1. The van der Waals surface area contributed by atoms with Crippen molar-refractivity contribution in [3.8, 4) is 0 Å². The molecular weight excluding hydrogens is 332 g/mol. The second kappa shape index (κ2) is 8.30. The Morgan fingerprint density at radius 3 is 1.41 bits per heavy atom. The average molecular weight is 381 g/mol. The molecule has 0 atom stereocenters. The van der Waals surface area contributed by atoms with Crippen LogP contribution in [0.1, 0.15) is 67.2 Å². The van der Waals surface area contributed by atoms with Crippen LogP contribution >= 0.6 is 0 Å². The molecule has 3 fully saturated rings. The first-order valence-electron chi connectivity index (χ1n) is 11.1. The molecule has 1 aliphatic carbocycles. The summed E-state index contributed by atoms with van der Waals surface area (Å²) in [6, 6.07) is 1.66. The highest BCUT2D eigenvalue weighted by atomic mass is 15.3. The summed E-state index contributed by atoms with van der Waals surface area (Å²) in [6.07, 6.45) is 5.49. The van der Waals surface area contributed by atoms with E-state index in [1.165, 1.54) is 51.9 Å². The van der Waals surface area contributed by atoms with Gasteiger partial charge in [0, 0.05) is 49.3 Å². The van der Waals surface area contributed by atoms with E-state index in [2.05, 4.69) is 89.3 Å². The molecule has 2 saturated heterocycles. The van der Waals surface area contributed by atoms with Gasteiger partial charge < -0.3 is 9.80 Å². The number of hydrogen-bond acceptors (Lipinski definition) is 4. The number of hydrogen-bond donors (Lipinski definition) is 0. The van der Waals surface area contributed by atoms with Gasteiger partial charge in [0.1, 0.15) is 0 Å². The van der Waals surface area contributed by atoms with Crippen LogP contribution < -0.4 is 0 Å². The Hall–Kier alpha value is -0.160. The highest BCUT2D eigenvalue weighted by Crippen LogP contribution is 2.51. The zero-order valence-electron chi connectivity index (χ0n) is 20.1. The maximum absolute atomic E-state index is 2.61. The van der Waals surface area contributed by atoms with Crippen molar-refractivity contribution in [3.63, 3.8) is 0 Å². The Kier molecular flexibility index (Phi) is 7.10. The summed E-state index contributed by atoms with van der Waals surface area (Å²) in [5.74, 6) is 0. The summed E-state index contributed by atoms with van der Waals surface area (Å²) in [5, 5.41) is 0. The molecule has 0 bridgehead atoms. The van der Waals surface area contributed by atoms with E-state index in [-0.39, 0.29) is 0 Å². The molecule has 160 valence electrons. The van der Waals surface area contributed by atoms with Gasteiger partial charge in [0.15, 0.2) is 0 Å². The maximum atomic E-state index is 2.61. The molecule has 2 heterocycles. The van der Waals surface area contributed by atoms with Crippen LogP contribution in [0, 0.1) is 5.41 Å². The van der Waals surface area contributed by atoms with Gasteiger partial charge in [0.2, 0.25) is 0 Å². The van der Waals surface area contributed by atoms with E-state index in [4.69, 9.17) is 0 Å². The molecule has 2 aliphatic heterocycles. The fourth-order valence-electron chi connectivity index (χ4n) is 4.85. The van der Waals surface area contributed by atoms with Crippen LogP contribution in [0.25, 0.3) is 0 Å². The van der Waals surface area contributed by atoms with E-state index in [0.29, 0.717) is 16.5 Å². The highest BCUT2D eigenvalue weighted by molar-refractivity contribution is 5.09. The van der Waals surface area contributed by atoms with Crippen molar-refractivity contribution in [2.24, 2.45) is 5.41 Å². The van der Waals surface area contributed by atoms with Crippen molar-refractivity contribution in [3.05, 3.63) is 0 Å². The van der Waals surface area contributed by atoms with Crippen LogP contribution in [0.3, 0.4) is 0 Å². The van der Waals surface area contributed by atoms with Gasteiger partial charge in [-0.25, -0.2) is 0 Å². The summed E-state index contributed by atoms with van der Waals surface area (Å²) in [4.78, 5) is 9.94. The molecule has 0 radical (unpaired) electrons. The van der Waals surface area contributed by atoms with Gasteiger partial charge >= 0.3 is 0 Å². The second-order valence-electron chi connectivity index (χ2n) is 11.9. The molecule has 0 aromatic heterocycles. The monoisotopic (exact) mass is 380 g/mol. The van der Waals surface area contributed by atoms with Gasteiger partial charge in [-0.2, -0.15) is 0 Å². The molecule has 0 N–H and O–H groups in total. The topological polar surface area (TPSA) is 13.0 Å². The van der Waals surface area contributed by atoms with Crippen molar-refractivity contribution in [1.29, 1.82) is 0 Å². The minimum absolute atomic E-state index is 0.358. The third-order valence-corrected chi connectivity index (χ3v) is 7.21. The lowest BCUT2D eigenvalue weighted by molar-refractivity contribution is -0.133. The first-order chi connectivity index (χ1) is 12.2. The van der Waals surface area contributed by atoms with E-state index in [1.54, 1.807) is 0 Å². The van der Waals surface area contributed by atoms with E-state index in [1.807, 2.05) is 0 Å². The Bertz CT molecular complexity index is 450. The summed E-state index contributed by atoms with van der Waals surface area (Å²) >= 11 is 0. The molecule has 0 unspecified atom stereocenters. The molecule has 4 nitrogen and oxygen atoms in total. The first kappa shape index (κ1) is 23.1. The van der Waals surface area contributed by atoms with Gasteiger partial charge in [-0.1, -0.05) is 0 Å². The van der Waals surface area contributed by atoms with Gasteiger partial charge in [-0.3, -0.25) is 9.80 Å². The average Bonchev–Trinajstić information content (AvgIpc) is 2.42. The maximum Gasteiger partial charge on any atom is 0.0125 e. The zero-order chi connectivity index (χ0) is 20.6. The van der Waals surface area contributed by atoms with Crippen molar-refractivity contribution < 1.29 is 0 Å². The number of rotatable bonds is 2. The Balaban J connectivity index is 0.000000194. The smallest absolute Gasteiger partial charge is 0.0125 e. The molecule has 0 aromatic rings. The lowest BCUT2D eigenvalue weighted by atomic mass is 9.59. The fourth-order valence-corrected chi connectivity index (χ4v) is 4.85. The standard InChI is InChI=1S/C12H24N2.C11H24N2/c1-11(2,3)14-8-12(9-14)6-10(7-12)13(4)5;1-11(2,3)13-8-6-10(7-9-13)12(4)5/h10H,6-9H2,1-5H3;10H,6-9H2,1-5H3. The van der Waals surface area contributed by atoms with Gasteiger partial charge in [-0.05, 0) is 101 Å². The molecule has 1 saturated carbocycles. The molecule has 27 heavy (non-hydrogen) atoms. The summed E-state index contributed by atoms with van der Waals surface area (Å²) in [5.41, 5.74) is 1.45. The Morgan fingerprint density at radius 1 is 0.667 bits per heavy atom. The minimum Gasteiger partial charge on any atom is -0.306 e. The highest BCUT2D eigenvalue weighted by Gasteiger charge is 2.54. The van der Waals surface area contributed by atoms with Crippen molar-refractivity contribution >= 4 is 0 Å². The largest absolute Gasteiger partial charge is 0.306 e. The van der Waals surface area contributed by atoms with Crippen molar-refractivity contribution in [2.75, 3.05) is 54.4 Å². The number of likely N-dealkylation sites (tertiary alicyclic amines) is 2. The Morgan fingerprint density at radius 2 is 1.07 bits per heavy atom. The van der Waals surface area contributed by atoms with Crippen LogP contribution in [-0.4, -0.2) is 97.1 Å². The van der Waals surface area contributed by atoms with Gasteiger partial charge in [0.25, 0.3) is 0 Å². The van der Waals surface area contributed by atoms with Crippen LogP contribution in [-0.2, 0) is 0 Å². The van der Waals surface area contributed by atoms with E-state index >= 15 is 0 Å². The quantitative estimate of drug-likeness (QED) is 0.725. The van der Waals surface area contributed by atoms with Crippen LogP contribution in [0.15, 0.2) is 0 Å². The summed E-state index contributed by atoms with van der Waals surface area (Å²) in [7, 11) is 8.80. The predicted molar refractivity (Wildman–Crippen MR) is 119 cm³/mol. The number of piperidine rings is 1. The van der Waals surface area contributed by atoms with Crippen LogP contribution in [0.4, 0.5) is 0 Å². The fraction of sp³-hybridized carbons (Fsp3) is 1.00. The molecule has 0 amide bonds. The molecule has 3 aliphatic rings. The number of nitrogens with zero attached hydrogens (tertiary/aromatic N) is 4. The van der Waals surface area contributed by atoms with Crippen molar-refractivity contribution in [1.82, 2.24) is 19.6 Å². The van der Waals surface area contributed by atoms with E-state index < -0.39 is 0 Å². The van der Waals surface area contributed by atoms with Gasteiger partial charge in [-0.15, -0.1) is 0 Å². The predicted octanol–water partition coefficient (Wildman–Crippen LogP) is 3.62. The van der Waals surface area contributed by atoms with E-state index in [0.717, 1.165) is 12.1 Å².